The maximum Gasteiger partial charge on any atom is 0.414 e. The molecule has 1 aliphatic heterocycles. The van der Waals surface area contributed by atoms with E-state index in [4.69, 9.17) is 4.74 Å². The van der Waals surface area contributed by atoms with E-state index in [1.807, 2.05) is 0 Å². The van der Waals surface area contributed by atoms with E-state index < -0.39 is 12.1 Å². The van der Waals surface area contributed by atoms with Crippen molar-refractivity contribution in [1.82, 2.24) is 0 Å². The van der Waals surface area contributed by atoms with Gasteiger partial charge in [0.25, 0.3) is 0 Å². The third kappa shape index (κ3) is 2.60. The maximum atomic E-state index is 12.4. The van der Waals surface area contributed by atoms with Crippen LogP contribution in [-0.2, 0) is 4.74 Å². The second kappa shape index (κ2) is 5.39. The number of hydrogen-bond acceptors (Lipinski definition) is 3. The van der Waals surface area contributed by atoms with Gasteiger partial charge in [0.05, 0.1) is 11.3 Å². The van der Waals surface area contributed by atoms with Crippen LogP contribution in [0, 0.1) is 0 Å². The van der Waals surface area contributed by atoms with Gasteiger partial charge in [0.2, 0.25) is 0 Å². The van der Waals surface area contributed by atoms with Crippen LogP contribution in [0.25, 0.3) is 0 Å². The first-order chi connectivity index (χ1) is 10.1. The second-order valence-corrected chi connectivity index (χ2v) is 5.84. The van der Waals surface area contributed by atoms with Gasteiger partial charge < -0.3 is 9.84 Å². The van der Waals surface area contributed by atoms with E-state index in [-0.39, 0.29) is 11.2 Å². The van der Waals surface area contributed by atoms with Crippen molar-refractivity contribution in [3.05, 3.63) is 29.8 Å². The Morgan fingerprint density at radius 3 is 2.52 bits per heavy atom. The Balaban J connectivity index is 1.83. The van der Waals surface area contributed by atoms with Crippen molar-refractivity contribution in [2.45, 2.75) is 44.1 Å². The van der Waals surface area contributed by atoms with Crippen molar-refractivity contribution in [2.24, 2.45) is 0 Å². The predicted octanol–water partition coefficient (Wildman–Crippen LogP) is 3.43. The minimum atomic E-state index is -1.03. The van der Waals surface area contributed by atoms with Crippen LogP contribution >= 0.6 is 0 Å². The monoisotopic (exact) mass is 289 g/mol. The number of carboxylic acid groups (broad SMARTS) is 1. The molecule has 1 aromatic rings. The van der Waals surface area contributed by atoms with Crippen molar-refractivity contribution in [3.63, 3.8) is 0 Å². The van der Waals surface area contributed by atoms with Crippen LogP contribution in [0.15, 0.2) is 24.3 Å². The first-order valence-corrected chi connectivity index (χ1v) is 7.44. The standard InChI is InChI=1S/C16H19NO4/c18-14(19)12-6-2-3-7-13(12)17-11-10-16(21-15(17)20)8-4-1-5-9-16/h2-3,6-7H,1,4-5,8-11H2,(H,18,19). The van der Waals surface area contributed by atoms with Gasteiger partial charge in [-0.1, -0.05) is 18.6 Å². The number of amides is 1. The number of benzene rings is 1. The lowest BCUT2D eigenvalue weighted by Gasteiger charge is -2.43. The van der Waals surface area contributed by atoms with Crippen LogP contribution < -0.4 is 4.90 Å². The molecule has 1 N–H and O–H groups in total. The molecule has 2 aliphatic rings. The summed E-state index contributed by atoms with van der Waals surface area (Å²) in [6, 6.07) is 6.56. The van der Waals surface area contributed by atoms with Gasteiger partial charge in [-0.2, -0.15) is 0 Å². The molecule has 2 fully saturated rings. The molecule has 0 bridgehead atoms. The number of para-hydroxylation sites is 1. The number of carbonyl (C=O) groups excluding carboxylic acids is 1. The first-order valence-electron chi connectivity index (χ1n) is 7.44. The average Bonchev–Trinajstić information content (AvgIpc) is 2.48. The fraction of sp³-hybridized carbons (Fsp3) is 0.500. The fourth-order valence-electron chi connectivity index (χ4n) is 3.36. The van der Waals surface area contributed by atoms with Crippen LogP contribution in [0.3, 0.4) is 0 Å². The molecule has 21 heavy (non-hydrogen) atoms. The van der Waals surface area contributed by atoms with Gasteiger partial charge in [0.1, 0.15) is 5.60 Å². The molecule has 112 valence electrons. The summed E-state index contributed by atoms with van der Waals surface area (Å²) in [5.41, 5.74) is 0.235. The number of nitrogens with zero attached hydrogens (tertiary/aromatic N) is 1. The largest absolute Gasteiger partial charge is 0.478 e. The van der Waals surface area contributed by atoms with Crippen molar-refractivity contribution < 1.29 is 19.4 Å². The van der Waals surface area contributed by atoms with E-state index in [1.165, 1.54) is 17.4 Å². The Morgan fingerprint density at radius 1 is 1.14 bits per heavy atom. The molecule has 3 rings (SSSR count). The van der Waals surface area contributed by atoms with Crippen molar-refractivity contribution >= 4 is 17.7 Å². The zero-order valence-corrected chi connectivity index (χ0v) is 11.9. The highest BCUT2D eigenvalue weighted by Gasteiger charge is 2.42. The summed E-state index contributed by atoms with van der Waals surface area (Å²) in [5.74, 6) is -1.03. The lowest BCUT2D eigenvalue weighted by atomic mass is 9.81. The van der Waals surface area contributed by atoms with Gasteiger partial charge in [-0.05, 0) is 37.8 Å². The van der Waals surface area contributed by atoms with E-state index >= 15 is 0 Å². The Morgan fingerprint density at radius 2 is 1.86 bits per heavy atom. The Labute approximate surface area is 123 Å². The number of carbonyl (C=O) groups is 2. The molecule has 0 aromatic heterocycles. The molecule has 1 spiro atoms. The molecule has 5 heteroatoms. The lowest BCUT2D eigenvalue weighted by molar-refractivity contribution is -0.0309. The normalized spacial score (nSPS) is 21.1. The van der Waals surface area contributed by atoms with E-state index in [0.717, 1.165) is 32.1 Å². The summed E-state index contributed by atoms with van der Waals surface area (Å²) in [7, 11) is 0. The SMILES string of the molecule is O=C(O)c1ccccc1N1CCC2(CCCCC2)OC1=O. The molecule has 0 atom stereocenters. The molecular weight excluding hydrogens is 270 g/mol. The molecule has 1 amide bonds. The minimum Gasteiger partial charge on any atom is -0.478 e. The number of rotatable bonds is 2. The van der Waals surface area contributed by atoms with E-state index in [2.05, 4.69) is 0 Å². The van der Waals surface area contributed by atoms with Crippen LogP contribution in [-0.4, -0.2) is 29.3 Å². The van der Waals surface area contributed by atoms with Gasteiger partial charge in [-0.3, -0.25) is 4.90 Å². The molecule has 0 unspecified atom stereocenters. The minimum absolute atomic E-state index is 0.133. The Hall–Kier alpha value is -2.04. The highest BCUT2D eigenvalue weighted by atomic mass is 16.6. The van der Waals surface area contributed by atoms with Gasteiger partial charge in [-0.25, -0.2) is 9.59 Å². The van der Waals surface area contributed by atoms with Crippen LogP contribution in [0.5, 0.6) is 0 Å². The van der Waals surface area contributed by atoms with Gasteiger partial charge in [0, 0.05) is 13.0 Å². The molecule has 1 saturated carbocycles. The molecule has 0 radical (unpaired) electrons. The molecule has 1 heterocycles. The molecule has 1 saturated heterocycles. The van der Waals surface area contributed by atoms with Crippen LogP contribution in [0.4, 0.5) is 10.5 Å². The van der Waals surface area contributed by atoms with E-state index in [1.54, 1.807) is 18.2 Å². The molecule has 1 aliphatic carbocycles. The maximum absolute atomic E-state index is 12.4. The van der Waals surface area contributed by atoms with E-state index in [9.17, 15) is 14.7 Å². The molecular formula is C16H19NO4. The fourth-order valence-corrected chi connectivity index (χ4v) is 3.36. The van der Waals surface area contributed by atoms with Gasteiger partial charge in [-0.15, -0.1) is 0 Å². The quantitative estimate of drug-likeness (QED) is 0.905. The van der Waals surface area contributed by atoms with Crippen LogP contribution in [0.2, 0.25) is 0 Å². The van der Waals surface area contributed by atoms with Crippen molar-refractivity contribution in [3.8, 4) is 0 Å². The second-order valence-electron chi connectivity index (χ2n) is 5.84. The molecule has 1 aromatic carbocycles. The third-order valence-corrected chi connectivity index (χ3v) is 4.51. The average molecular weight is 289 g/mol. The molecule has 5 nitrogen and oxygen atoms in total. The first kappa shape index (κ1) is 13.9. The summed E-state index contributed by atoms with van der Waals surface area (Å²) in [5, 5.41) is 9.25. The van der Waals surface area contributed by atoms with Crippen LogP contribution in [0.1, 0.15) is 48.9 Å². The summed E-state index contributed by atoms with van der Waals surface area (Å²) in [4.78, 5) is 25.1. The van der Waals surface area contributed by atoms with Crippen molar-refractivity contribution in [2.75, 3.05) is 11.4 Å². The number of carboxylic acids is 1. The zero-order chi connectivity index (χ0) is 14.9. The van der Waals surface area contributed by atoms with E-state index in [0.29, 0.717) is 12.2 Å². The highest BCUT2D eigenvalue weighted by Crippen LogP contribution is 2.39. The number of hydrogen-bond donors (Lipinski definition) is 1. The predicted molar refractivity (Wildman–Crippen MR) is 77.7 cm³/mol. The summed E-state index contributed by atoms with van der Waals surface area (Å²) < 4.78 is 5.71. The Bertz CT molecular complexity index is 563. The lowest BCUT2D eigenvalue weighted by Crippen LogP contribution is -2.50. The Kier molecular flexibility index (Phi) is 3.57. The number of ether oxygens (including phenoxy) is 1. The third-order valence-electron chi connectivity index (χ3n) is 4.51. The summed E-state index contributed by atoms with van der Waals surface area (Å²) >= 11 is 0. The number of anilines is 1. The van der Waals surface area contributed by atoms with Crippen molar-refractivity contribution in [1.29, 1.82) is 0 Å². The summed E-state index contributed by atoms with van der Waals surface area (Å²) in [6.07, 6.45) is 5.59. The smallest absolute Gasteiger partial charge is 0.414 e. The number of aromatic carboxylic acids is 1. The topological polar surface area (TPSA) is 66.8 Å². The highest BCUT2D eigenvalue weighted by molar-refractivity contribution is 6.00. The summed E-state index contributed by atoms with van der Waals surface area (Å²) in [6.45, 7) is 0.517. The van der Waals surface area contributed by atoms with Gasteiger partial charge >= 0.3 is 12.1 Å². The zero-order valence-electron chi connectivity index (χ0n) is 11.9. The van der Waals surface area contributed by atoms with Gasteiger partial charge in [0.15, 0.2) is 0 Å².